The second-order valence-electron chi connectivity index (χ2n) is 8.85. The highest BCUT2D eigenvalue weighted by atomic mass is 32.1. The lowest BCUT2D eigenvalue weighted by Crippen LogP contribution is -2.60. The van der Waals surface area contributed by atoms with Gasteiger partial charge in [0.2, 0.25) is 17.7 Å². The molecule has 0 aliphatic rings. The zero-order chi connectivity index (χ0) is 27.0. The third-order valence-electron chi connectivity index (χ3n) is 6.10. The molecule has 0 saturated heterocycles. The number of thiol groups is 1. The normalized spacial score (nSPS) is 16.3. The van der Waals surface area contributed by atoms with Crippen molar-refractivity contribution in [1.82, 2.24) is 20.9 Å². The van der Waals surface area contributed by atoms with Gasteiger partial charge in [-0.2, -0.15) is 12.6 Å². The van der Waals surface area contributed by atoms with E-state index in [0.29, 0.717) is 6.42 Å². The molecule has 2 aromatic rings. The lowest BCUT2D eigenvalue weighted by molar-refractivity contribution is -0.144. The first-order valence-electron chi connectivity index (χ1n) is 11.7. The van der Waals surface area contributed by atoms with E-state index < -0.39 is 54.0 Å². The van der Waals surface area contributed by atoms with Gasteiger partial charge in [0.1, 0.15) is 18.1 Å². The zero-order valence-corrected chi connectivity index (χ0v) is 21.4. The molecule has 1 heterocycles. The van der Waals surface area contributed by atoms with Gasteiger partial charge in [-0.05, 0) is 24.5 Å². The first-order valence-corrected chi connectivity index (χ1v) is 12.4. The molecule has 6 atom stereocenters. The van der Waals surface area contributed by atoms with Crippen molar-refractivity contribution in [3.63, 3.8) is 0 Å². The molecule has 0 bridgehead atoms. The smallest absolute Gasteiger partial charge is 0.326 e. The number of hydrogen-bond acceptors (Lipinski definition) is 7. The van der Waals surface area contributed by atoms with Gasteiger partial charge in [0.05, 0.1) is 12.1 Å². The van der Waals surface area contributed by atoms with E-state index in [-0.39, 0.29) is 18.1 Å². The number of carboxylic acid groups (broad SMARTS) is 1. The Labute approximate surface area is 215 Å². The van der Waals surface area contributed by atoms with Crippen LogP contribution in [0.15, 0.2) is 30.5 Å². The van der Waals surface area contributed by atoms with E-state index in [2.05, 4.69) is 33.6 Å². The average Bonchev–Trinajstić information content (AvgIpc) is 3.26. The maximum absolute atomic E-state index is 13.3. The third-order valence-corrected chi connectivity index (χ3v) is 6.50. The maximum Gasteiger partial charge on any atom is 0.326 e. The molecule has 36 heavy (non-hydrogen) atoms. The minimum absolute atomic E-state index is 0.0256. The predicted octanol–water partition coefficient (Wildman–Crippen LogP) is -0.0666. The summed E-state index contributed by atoms with van der Waals surface area (Å²) in [6.45, 7) is 4.83. The molecule has 0 saturated carbocycles. The summed E-state index contributed by atoms with van der Waals surface area (Å²) in [5, 5.41) is 28.1. The molecule has 6 unspecified atom stereocenters. The van der Waals surface area contributed by atoms with Gasteiger partial charge in [0, 0.05) is 29.3 Å². The van der Waals surface area contributed by atoms with Gasteiger partial charge in [-0.3, -0.25) is 14.4 Å². The Morgan fingerprint density at radius 2 is 1.67 bits per heavy atom. The molecule has 0 spiro atoms. The summed E-state index contributed by atoms with van der Waals surface area (Å²) >= 11 is 3.96. The molecule has 198 valence electrons. The van der Waals surface area contributed by atoms with Crippen LogP contribution in [0, 0.1) is 5.92 Å². The Balaban J connectivity index is 2.34. The van der Waals surface area contributed by atoms with Crippen molar-refractivity contribution in [2.75, 3.05) is 5.75 Å². The summed E-state index contributed by atoms with van der Waals surface area (Å²) in [4.78, 5) is 53.5. The number of H-pyrrole nitrogens is 1. The summed E-state index contributed by atoms with van der Waals surface area (Å²) < 4.78 is 0. The molecule has 12 heteroatoms. The number of aliphatic hydroxyl groups is 1. The Bertz CT molecular complexity index is 1070. The van der Waals surface area contributed by atoms with E-state index in [9.17, 15) is 29.4 Å². The van der Waals surface area contributed by atoms with Crippen LogP contribution in [0.1, 0.15) is 32.8 Å². The summed E-state index contributed by atoms with van der Waals surface area (Å²) in [5.41, 5.74) is 7.21. The third kappa shape index (κ3) is 7.45. The van der Waals surface area contributed by atoms with E-state index >= 15 is 0 Å². The van der Waals surface area contributed by atoms with Crippen LogP contribution in [0.4, 0.5) is 0 Å². The van der Waals surface area contributed by atoms with Crippen LogP contribution in [0.3, 0.4) is 0 Å². The number of nitrogens with one attached hydrogen (secondary N) is 4. The van der Waals surface area contributed by atoms with E-state index in [4.69, 9.17) is 5.73 Å². The number of carbonyl (C=O) groups is 4. The number of carboxylic acids is 1. The van der Waals surface area contributed by atoms with Crippen molar-refractivity contribution < 1.29 is 29.4 Å². The molecular formula is C24H35N5O6S. The van der Waals surface area contributed by atoms with Crippen molar-refractivity contribution in [1.29, 1.82) is 0 Å². The summed E-state index contributed by atoms with van der Waals surface area (Å²) in [6.07, 6.45) is 0.952. The lowest BCUT2D eigenvalue weighted by Gasteiger charge is -2.27. The number of amides is 3. The van der Waals surface area contributed by atoms with Crippen LogP contribution >= 0.6 is 12.6 Å². The fourth-order valence-corrected chi connectivity index (χ4v) is 3.84. The fraction of sp³-hybridized carbons (Fsp3) is 0.500. The highest BCUT2D eigenvalue weighted by Crippen LogP contribution is 2.19. The van der Waals surface area contributed by atoms with E-state index in [1.807, 2.05) is 31.2 Å². The molecule has 0 aliphatic carbocycles. The van der Waals surface area contributed by atoms with Gasteiger partial charge < -0.3 is 36.9 Å². The number of fused-ring (bicyclic) bond motifs is 1. The van der Waals surface area contributed by atoms with Crippen LogP contribution in [0.5, 0.6) is 0 Å². The Morgan fingerprint density at radius 3 is 2.25 bits per heavy atom. The highest BCUT2D eigenvalue weighted by Gasteiger charge is 2.33. The second kappa shape index (κ2) is 13.3. The molecule has 3 amide bonds. The minimum atomic E-state index is -1.40. The minimum Gasteiger partial charge on any atom is -0.480 e. The molecule has 1 aromatic carbocycles. The number of aromatic nitrogens is 1. The molecule has 2 rings (SSSR count). The first kappa shape index (κ1) is 29.1. The maximum atomic E-state index is 13.3. The number of aromatic amines is 1. The van der Waals surface area contributed by atoms with Gasteiger partial charge in [0.15, 0.2) is 0 Å². The zero-order valence-electron chi connectivity index (χ0n) is 20.5. The Kier molecular flexibility index (Phi) is 10.8. The van der Waals surface area contributed by atoms with Crippen LogP contribution in [0.25, 0.3) is 10.9 Å². The highest BCUT2D eigenvalue weighted by molar-refractivity contribution is 7.80. The van der Waals surface area contributed by atoms with Crippen molar-refractivity contribution >= 4 is 47.2 Å². The van der Waals surface area contributed by atoms with Gasteiger partial charge >= 0.3 is 5.97 Å². The van der Waals surface area contributed by atoms with Crippen LogP contribution < -0.4 is 21.7 Å². The van der Waals surface area contributed by atoms with Crippen LogP contribution in [0.2, 0.25) is 0 Å². The molecule has 1 aromatic heterocycles. The van der Waals surface area contributed by atoms with Crippen molar-refractivity contribution in [2.45, 2.75) is 63.9 Å². The van der Waals surface area contributed by atoms with E-state index in [0.717, 1.165) is 16.5 Å². The number of hydrogen-bond donors (Lipinski definition) is 8. The van der Waals surface area contributed by atoms with Gasteiger partial charge in [0.25, 0.3) is 0 Å². The topological polar surface area (TPSA) is 187 Å². The Morgan fingerprint density at radius 1 is 1.03 bits per heavy atom. The average molecular weight is 522 g/mol. The number of carbonyl (C=O) groups excluding carboxylic acids is 3. The number of para-hydroxylation sites is 1. The monoisotopic (exact) mass is 521 g/mol. The van der Waals surface area contributed by atoms with Gasteiger partial charge in [-0.15, -0.1) is 0 Å². The molecule has 0 aliphatic heterocycles. The number of aliphatic carboxylic acids is 1. The SMILES string of the molecule is CCC(C)C(NC(=O)C(Cc1c[nH]c2ccccc12)NC(=O)C(NC(=O)C(N)CS)C(C)O)C(=O)O. The molecule has 0 fully saturated rings. The molecule has 8 N–H and O–H groups in total. The number of nitrogens with two attached hydrogens (primary N) is 1. The van der Waals surface area contributed by atoms with Gasteiger partial charge in [-0.25, -0.2) is 4.79 Å². The van der Waals surface area contributed by atoms with Crippen LogP contribution in [-0.4, -0.2) is 74.9 Å². The summed E-state index contributed by atoms with van der Waals surface area (Å²) in [6, 6.07) is 2.65. The first-order chi connectivity index (χ1) is 17.0. The molecular weight excluding hydrogens is 486 g/mol. The standard InChI is InChI=1S/C24H35N5O6S/c1-4-12(2)19(24(34)35)28-22(32)18(9-14-10-26-17-8-6-5-7-15(14)17)27-23(33)20(13(3)30)29-21(31)16(25)11-36/h5-8,10,12-13,16,18-20,26,30,36H,4,9,11,25H2,1-3H3,(H,27,33)(H,28,32)(H,29,31)(H,34,35). The summed E-state index contributed by atoms with van der Waals surface area (Å²) in [5.74, 6) is -3.74. The van der Waals surface area contributed by atoms with E-state index in [1.165, 1.54) is 6.92 Å². The largest absolute Gasteiger partial charge is 0.480 e. The Hall–Kier alpha value is -3.09. The van der Waals surface area contributed by atoms with Crippen LogP contribution in [-0.2, 0) is 25.6 Å². The van der Waals surface area contributed by atoms with E-state index in [1.54, 1.807) is 13.1 Å². The quantitative estimate of drug-likeness (QED) is 0.169. The number of benzene rings is 1. The fourth-order valence-electron chi connectivity index (χ4n) is 3.68. The summed E-state index contributed by atoms with van der Waals surface area (Å²) in [7, 11) is 0. The van der Waals surface area contributed by atoms with Crippen molar-refractivity contribution in [3.8, 4) is 0 Å². The van der Waals surface area contributed by atoms with Crippen molar-refractivity contribution in [2.24, 2.45) is 11.7 Å². The predicted molar refractivity (Wildman–Crippen MR) is 138 cm³/mol. The van der Waals surface area contributed by atoms with Gasteiger partial charge in [-0.1, -0.05) is 38.5 Å². The molecule has 11 nitrogen and oxygen atoms in total. The number of rotatable bonds is 13. The number of aliphatic hydroxyl groups excluding tert-OH is 1. The second-order valence-corrected chi connectivity index (χ2v) is 9.22. The van der Waals surface area contributed by atoms with Crippen molar-refractivity contribution in [3.05, 3.63) is 36.0 Å². The molecule has 0 radical (unpaired) electrons. The lowest BCUT2D eigenvalue weighted by atomic mass is 9.98.